The molecular weight excluding hydrogens is 224 g/mol. The summed E-state index contributed by atoms with van der Waals surface area (Å²) < 4.78 is 1.94. The molecule has 0 atom stereocenters. The highest BCUT2D eigenvalue weighted by Crippen LogP contribution is 2.20. The highest BCUT2D eigenvalue weighted by molar-refractivity contribution is 5.57. The molecule has 3 rings (SSSR count). The molecule has 0 bridgehead atoms. The molecule has 3 aromatic rings. The summed E-state index contributed by atoms with van der Waals surface area (Å²) in [5, 5.41) is 0. The van der Waals surface area contributed by atoms with Gasteiger partial charge in [0.25, 0.3) is 0 Å². The number of hydrogen-bond acceptors (Lipinski definition) is 3. The van der Waals surface area contributed by atoms with Crippen molar-refractivity contribution in [2.75, 3.05) is 5.73 Å². The Hall–Kier alpha value is -2.62. The van der Waals surface area contributed by atoms with Crippen LogP contribution in [0.25, 0.3) is 17.2 Å². The number of hydrogen-bond donors (Lipinski definition) is 1. The van der Waals surface area contributed by atoms with Gasteiger partial charge in [-0.1, -0.05) is 30.3 Å². The van der Waals surface area contributed by atoms with E-state index in [1.807, 2.05) is 53.2 Å². The molecule has 4 nitrogen and oxygen atoms in total. The summed E-state index contributed by atoms with van der Waals surface area (Å²) in [5.74, 6) is 1.67. The summed E-state index contributed by atoms with van der Waals surface area (Å²) >= 11 is 0. The van der Waals surface area contributed by atoms with Gasteiger partial charge in [-0.25, -0.2) is 9.97 Å². The molecule has 0 unspecified atom stereocenters. The van der Waals surface area contributed by atoms with Crippen LogP contribution in [0.5, 0.6) is 0 Å². The van der Waals surface area contributed by atoms with E-state index in [4.69, 9.17) is 5.73 Å². The maximum Gasteiger partial charge on any atom is 0.145 e. The van der Waals surface area contributed by atoms with E-state index in [2.05, 4.69) is 9.97 Å². The first kappa shape index (κ1) is 10.5. The molecule has 88 valence electrons. The van der Waals surface area contributed by atoms with E-state index in [0.717, 1.165) is 17.2 Å². The largest absolute Gasteiger partial charge is 0.397 e. The quantitative estimate of drug-likeness (QED) is 0.743. The molecule has 0 aliphatic carbocycles. The lowest BCUT2D eigenvalue weighted by atomic mass is 10.2. The normalized spacial score (nSPS) is 10.4. The highest BCUT2D eigenvalue weighted by atomic mass is 15.1. The molecule has 0 radical (unpaired) electrons. The number of nitrogens with zero attached hydrogens (tertiary/aromatic N) is 3. The summed E-state index contributed by atoms with van der Waals surface area (Å²) in [4.78, 5) is 8.68. The molecular formula is C14H12N4. The van der Waals surface area contributed by atoms with E-state index in [-0.39, 0.29) is 0 Å². The fourth-order valence-corrected chi connectivity index (χ4v) is 1.83. The molecule has 0 saturated heterocycles. The molecule has 0 fully saturated rings. The van der Waals surface area contributed by atoms with Gasteiger partial charge < -0.3 is 5.73 Å². The molecule has 0 spiro atoms. The first-order valence-corrected chi connectivity index (χ1v) is 5.65. The second-order valence-electron chi connectivity index (χ2n) is 3.94. The van der Waals surface area contributed by atoms with Crippen LogP contribution in [-0.4, -0.2) is 14.5 Å². The van der Waals surface area contributed by atoms with Crippen molar-refractivity contribution in [3.63, 3.8) is 0 Å². The number of rotatable bonds is 2. The fraction of sp³-hybridized carbons (Fsp3) is 0. The Bertz CT molecular complexity index is 641. The second-order valence-corrected chi connectivity index (χ2v) is 3.94. The van der Waals surface area contributed by atoms with Crippen LogP contribution < -0.4 is 5.73 Å². The van der Waals surface area contributed by atoms with Crippen molar-refractivity contribution in [1.29, 1.82) is 0 Å². The van der Waals surface area contributed by atoms with Gasteiger partial charge in [-0.15, -0.1) is 0 Å². The molecule has 2 N–H and O–H groups in total. The van der Waals surface area contributed by atoms with E-state index < -0.39 is 0 Å². The summed E-state index contributed by atoms with van der Waals surface area (Å²) in [5.41, 5.74) is 7.35. The Labute approximate surface area is 105 Å². The van der Waals surface area contributed by atoms with Gasteiger partial charge in [-0.3, -0.25) is 4.57 Å². The molecule has 0 aliphatic heterocycles. The number of pyridine rings is 1. The van der Waals surface area contributed by atoms with E-state index >= 15 is 0 Å². The van der Waals surface area contributed by atoms with Crippen LogP contribution in [0, 0.1) is 0 Å². The van der Waals surface area contributed by atoms with Gasteiger partial charge in [0, 0.05) is 18.0 Å². The smallest absolute Gasteiger partial charge is 0.145 e. The van der Waals surface area contributed by atoms with Crippen LogP contribution in [0.4, 0.5) is 5.69 Å². The summed E-state index contributed by atoms with van der Waals surface area (Å²) in [7, 11) is 0. The van der Waals surface area contributed by atoms with Gasteiger partial charge in [-0.2, -0.15) is 0 Å². The third-order valence-electron chi connectivity index (χ3n) is 2.69. The third-order valence-corrected chi connectivity index (χ3v) is 2.69. The zero-order valence-electron chi connectivity index (χ0n) is 9.69. The maximum absolute atomic E-state index is 5.64. The molecule has 18 heavy (non-hydrogen) atoms. The fourth-order valence-electron chi connectivity index (χ4n) is 1.83. The zero-order valence-corrected chi connectivity index (χ0v) is 9.69. The second kappa shape index (κ2) is 4.33. The molecule has 2 aromatic heterocycles. The topological polar surface area (TPSA) is 56.7 Å². The summed E-state index contributed by atoms with van der Waals surface area (Å²) in [6.45, 7) is 0. The van der Waals surface area contributed by atoms with Crippen molar-refractivity contribution in [3.8, 4) is 17.2 Å². The maximum atomic E-state index is 5.64. The average molecular weight is 236 g/mol. The lowest BCUT2D eigenvalue weighted by Crippen LogP contribution is -1.99. The minimum Gasteiger partial charge on any atom is -0.397 e. The lowest BCUT2D eigenvalue weighted by Gasteiger charge is -2.07. The van der Waals surface area contributed by atoms with E-state index in [1.165, 1.54) is 0 Å². The van der Waals surface area contributed by atoms with Gasteiger partial charge in [0.2, 0.25) is 0 Å². The molecule has 4 heteroatoms. The highest BCUT2D eigenvalue weighted by Gasteiger charge is 2.07. The molecule has 0 saturated carbocycles. The standard InChI is InChI=1S/C14H12N4/c15-12-6-7-13(17-10-12)18-9-8-16-14(18)11-4-2-1-3-5-11/h1-10H,15H2. The molecule has 2 heterocycles. The zero-order chi connectivity index (χ0) is 12.4. The Balaban J connectivity index is 2.10. The van der Waals surface area contributed by atoms with Crippen LogP contribution >= 0.6 is 0 Å². The SMILES string of the molecule is Nc1ccc(-n2ccnc2-c2ccccc2)nc1. The van der Waals surface area contributed by atoms with Crippen LogP contribution in [0.15, 0.2) is 61.1 Å². The molecule has 1 aromatic carbocycles. The molecule has 0 aliphatic rings. The Morgan fingerprint density at radius 3 is 2.50 bits per heavy atom. The number of nitrogen functional groups attached to an aromatic ring is 1. The van der Waals surface area contributed by atoms with Gasteiger partial charge >= 0.3 is 0 Å². The number of imidazole rings is 1. The van der Waals surface area contributed by atoms with Crippen molar-refractivity contribution in [1.82, 2.24) is 14.5 Å². The lowest BCUT2D eigenvalue weighted by molar-refractivity contribution is 1.00. The molecule has 0 amide bonds. The summed E-state index contributed by atoms with van der Waals surface area (Å²) in [6, 6.07) is 13.7. The number of aromatic nitrogens is 3. The predicted molar refractivity (Wildman–Crippen MR) is 71.2 cm³/mol. The van der Waals surface area contributed by atoms with Crippen LogP contribution in [0.3, 0.4) is 0 Å². The first-order valence-electron chi connectivity index (χ1n) is 5.65. The van der Waals surface area contributed by atoms with E-state index in [9.17, 15) is 0 Å². The van der Waals surface area contributed by atoms with Gasteiger partial charge in [0.15, 0.2) is 0 Å². The van der Waals surface area contributed by atoms with Crippen LogP contribution in [0.2, 0.25) is 0 Å². The third kappa shape index (κ3) is 1.84. The van der Waals surface area contributed by atoms with Crippen molar-refractivity contribution >= 4 is 5.69 Å². The first-order chi connectivity index (χ1) is 8.84. The Morgan fingerprint density at radius 2 is 1.78 bits per heavy atom. The average Bonchev–Trinajstić information content (AvgIpc) is 2.90. The Morgan fingerprint density at radius 1 is 0.944 bits per heavy atom. The number of anilines is 1. The van der Waals surface area contributed by atoms with E-state index in [0.29, 0.717) is 5.69 Å². The Kier molecular flexibility index (Phi) is 2.53. The minimum absolute atomic E-state index is 0.653. The number of benzene rings is 1. The van der Waals surface area contributed by atoms with E-state index in [1.54, 1.807) is 12.4 Å². The minimum atomic E-state index is 0.653. The van der Waals surface area contributed by atoms with Gasteiger partial charge in [0.05, 0.1) is 11.9 Å². The van der Waals surface area contributed by atoms with Gasteiger partial charge in [0.1, 0.15) is 11.6 Å². The number of nitrogens with two attached hydrogens (primary N) is 1. The van der Waals surface area contributed by atoms with Crippen LogP contribution in [-0.2, 0) is 0 Å². The van der Waals surface area contributed by atoms with Gasteiger partial charge in [-0.05, 0) is 12.1 Å². The van der Waals surface area contributed by atoms with Crippen molar-refractivity contribution in [2.24, 2.45) is 0 Å². The monoisotopic (exact) mass is 236 g/mol. The van der Waals surface area contributed by atoms with Crippen LogP contribution in [0.1, 0.15) is 0 Å². The van der Waals surface area contributed by atoms with Crippen molar-refractivity contribution < 1.29 is 0 Å². The van der Waals surface area contributed by atoms with Crippen molar-refractivity contribution in [3.05, 3.63) is 61.1 Å². The van der Waals surface area contributed by atoms with Crippen molar-refractivity contribution in [2.45, 2.75) is 0 Å². The predicted octanol–water partition coefficient (Wildman–Crippen LogP) is 2.52. The summed E-state index contributed by atoms with van der Waals surface area (Å²) in [6.07, 6.45) is 5.30.